The summed E-state index contributed by atoms with van der Waals surface area (Å²) in [6, 6.07) is 19.9. The molecule has 5 rings (SSSR count). The molecular formula is C27H26N6O4S2. The fourth-order valence-electron chi connectivity index (χ4n) is 4.06. The highest BCUT2D eigenvalue weighted by atomic mass is 32.2. The van der Waals surface area contributed by atoms with E-state index in [1.807, 2.05) is 42.5 Å². The Morgan fingerprint density at radius 1 is 1.00 bits per heavy atom. The van der Waals surface area contributed by atoms with Crippen LogP contribution in [-0.2, 0) is 6.42 Å². The largest absolute Gasteiger partial charge is 0.478 e. The number of aromatic carboxylic acids is 1. The highest BCUT2D eigenvalue weighted by Gasteiger charge is 2.26. The number of aromatic nitrogens is 5. The molecule has 0 spiro atoms. The first-order valence-electron chi connectivity index (χ1n) is 12.4. The summed E-state index contributed by atoms with van der Waals surface area (Å²) < 4.78 is 7.21. The molecular weight excluding hydrogens is 536 g/mol. The molecule has 1 aliphatic rings. The van der Waals surface area contributed by atoms with Crippen molar-refractivity contribution >= 4 is 35.6 Å². The normalized spacial score (nSPS) is 13.8. The van der Waals surface area contributed by atoms with Gasteiger partial charge in [0, 0.05) is 30.3 Å². The smallest absolute Gasteiger partial charge is 0.415 e. The molecule has 12 heteroatoms. The minimum atomic E-state index is -0.984. The van der Waals surface area contributed by atoms with Gasteiger partial charge in [-0.15, -0.1) is 16.9 Å². The van der Waals surface area contributed by atoms with Crippen molar-refractivity contribution in [2.75, 3.05) is 18.8 Å². The molecule has 0 atom stereocenters. The van der Waals surface area contributed by atoms with Crippen molar-refractivity contribution < 1.29 is 19.4 Å². The number of carboxylic acids is 1. The zero-order valence-electron chi connectivity index (χ0n) is 20.9. The highest BCUT2D eigenvalue weighted by Crippen LogP contribution is 2.30. The molecule has 1 amide bonds. The number of amides is 1. The SMILES string of the molecule is O=C(O)c1ccc(-n2nnnc2SC2CCN(C(=O)Oc3ccc(CCSc4ccccn4)cc3)CC2)cc1. The maximum absolute atomic E-state index is 12.7. The van der Waals surface area contributed by atoms with Crippen LogP contribution in [0.4, 0.5) is 4.79 Å². The van der Waals surface area contributed by atoms with E-state index in [0.717, 1.165) is 30.0 Å². The third-order valence-corrected chi connectivity index (χ3v) is 8.39. The molecule has 0 aliphatic carbocycles. The monoisotopic (exact) mass is 562 g/mol. The number of piperidine rings is 1. The summed E-state index contributed by atoms with van der Waals surface area (Å²) in [6.45, 7) is 1.16. The second kappa shape index (κ2) is 12.8. The van der Waals surface area contributed by atoms with Gasteiger partial charge >= 0.3 is 12.1 Å². The number of hydrogen-bond acceptors (Lipinski definition) is 9. The minimum absolute atomic E-state index is 0.201. The minimum Gasteiger partial charge on any atom is -0.478 e. The molecule has 2 aromatic carbocycles. The molecule has 4 aromatic rings. The topological polar surface area (TPSA) is 123 Å². The Kier molecular flexibility index (Phi) is 8.74. The van der Waals surface area contributed by atoms with Crippen molar-refractivity contribution in [2.45, 2.75) is 34.7 Å². The van der Waals surface area contributed by atoms with Crippen LogP contribution >= 0.6 is 23.5 Å². The van der Waals surface area contributed by atoms with Crippen LogP contribution in [0, 0.1) is 0 Å². The van der Waals surface area contributed by atoms with Crippen molar-refractivity contribution in [3.63, 3.8) is 0 Å². The van der Waals surface area contributed by atoms with E-state index in [2.05, 4.69) is 20.5 Å². The molecule has 0 radical (unpaired) electrons. The van der Waals surface area contributed by atoms with E-state index in [1.165, 1.54) is 17.7 Å². The van der Waals surface area contributed by atoms with Crippen LogP contribution in [-0.4, -0.2) is 71.4 Å². The number of benzene rings is 2. The molecule has 10 nitrogen and oxygen atoms in total. The first kappa shape index (κ1) is 26.7. The first-order chi connectivity index (χ1) is 19.0. The number of likely N-dealkylation sites (tertiary alicyclic amines) is 1. The number of thioether (sulfide) groups is 2. The molecule has 0 bridgehead atoms. The molecule has 3 heterocycles. The van der Waals surface area contributed by atoms with Gasteiger partial charge < -0.3 is 14.7 Å². The van der Waals surface area contributed by atoms with E-state index >= 15 is 0 Å². The molecule has 0 unspecified atom stereocenters. The quantitative estimate of drug-likeness (QED) is 0.283. The second-order valence-electron chi connectivity index (χ2n) is 8.81. The van der Waals surface area contributed by atoms with E-state index in [4.69, 9.17) is 9.84 Å². The number of hydrogen-bond donors (Lipinski definition) is 1. The maximum atomic E-state index is 12.7. The second-order valence-corrected chi connectivity index (χ2v) is 11.2. The van der Waals surface area contributed by atoms with E-state index in [1.54, 1.807) is 51.4 Å². The van der Waals surface area contributed by atoms with Crippen LogP contribution in [0.1, 0.15) is 28.8 Å². The Bertz CT molecular complexity index is 1390. The predicted octanol–water partition coefficient (Wildman–Crippen LogP) is 4.85. The summed E-state index contributed by atoms with van der Waals surface area (Å²) in [6.07, 6.45) is 3.90. The Hall–Kier alpha value is -3.90. The first-order valence-corrected chi connectivity index (χ1v) is 14.3. The third-order valence-electron chi connectivity index (χ3n) is 6.18. The van der Waals surface area contributed by atoms with Gasteiger partial charge in [0.15, 0.2) is 0 Å². The van der Waals surface area contributed by atoms with Gasteiger partial charge in [-0.3, -0.25) is 0 Å². The number of ether oxygens (including phenoxy) is 1. The van der Waals surface area contributed by atoms with Gasteiger partial charge in [-0.1, -0.05) is 30.0 Å². The number of carboxylic acid groups (broad SMARTS) is 1. The molecule has 2 aromatic heterocycles. The van der Waals surface area contributed by atoms with Crippen LogP contribution in [0.25, 0.3) is 5.69 Å². The summed E-state index contributed by atoms with van der Waals surface area (Å²) in [4.78, 5) is 29.9. The van der Waals surface area contributed by atoms with Crippen molar-refractivity contribution in [1.29, 1.82) is 0 Å². The highest BCUT2D eigenvalue weighted by molar-refractivity contribution is 7.99. The van der Waals surface area contributed by atoms with Crippen molar-refractivity contribution in [3.8, 4) is 11.4 Å². The number of carbonyl (C=O) groups is 2. The van der Waals surface area contributed by atoms with Gasteiger partial charge in [0.2, 0.25) is 5.16 Å². The fourth-order valence-corrected chi connectivity index (χ4v) is 5.99. The molecule has 1 fully saturated rings. The van der Waals surface area contributed by atoms with Crippen LogP contribution < -0.4 is 4.74 Å². The summed E-state index contributed by atoms with van der Waals surface area (Å²) >= 11 is 3.27. The average molecular weight is 563 g/mol. The van der Waals surface area contributed by atoms with Gasteiger partial charge in [-0.2, -0.15) is 4.68 Å². The van der Waals surface area contributed by atoms with Gasteiger partial charge in [0.25, 0.3) is 0 Å². The average Bonchev–Trinajstić information content (AvgIpc) is 3.43. The summed E-state index contributed by atoms with van der Waals surface area (Å²) in [5.41, 5.74) is 2.06. The molecule has 1 aliphatic heterocycles. The third kappa shape index (κ3) is 7.15. The number of carbonyl (C=O) groups excluding carboxylic acids is 1. The standard InChI is InChI=1S/C27H26N6O4S2/c34-25(35)20-6-8-21(9-7-20)33-26(29-30-31-33)39-23-12-16-32(17-13-23)27(36)37-22-10-4-19(5-11-22)14-18-38-24-3-1-2-15-28-24/h1-11,15,23H,12-14,16-18H2,(H,34,35). The Morgan fingerprint density at radius 3 is 2.46 bits per heavy atom. The van der Waals surface area contributed by atoms with Crippen LogP contribution in [0.5, 0.6) is 5.75 Å². The van der Waals surface area contributed by atoms with E-state index in [9.17, 15) is 9.59 Å². The molecule has 0 saturated carbocycles. The fraction of sp³-hybridized carbons (Fsp3) is 0.259. The zero-order valence-corrected chi connectivity index (χ0v) is 22.6. The zero-order chi connectivity index (χ0) is 27.0. The Morgan fingerprint density at radius 2 is 1.77 bits per heavy atom. The molecule has 39 heavy (non-hydrogen) atoms. The maximum Gasteiger partial charge on any atom is 0.415 e. The van der Waals surface area contributed by atoms with Crippen LogP contribution in [0.2, 0.25) is 0 Å². The number of nitrogens with zero attached hydrogens (tertiary/aromatic N) is 6. The lowest BCUT2D eigenvalue weighted by Crippen LogP contribution is -2.41. The lowest BCUT2D eigenvalue weighted by Gasteiger charge is -2.30. The van der Waals surface area contributed by atoms with Crippen molar-refractivity contribution in [3.05, 3.63) is 84.1 Å². The van der Waals surface area contributed by atoms with Crippen LogP contribution in [0.3, 0.4) is 0 Å². The summed E-state index contributed by atoms with van der Waals surface area (Å²) in [5, 5.41) is 22.9. The van der Waals surface area contributed by atoms with E-state index in [0.29, 0.717) is 29.7 Å². The Balaban J connectivity index is 1.07. The number of tetrazole rings is 1. The Labute approximate surface area is 233 Å². The summed E-state index contributed by atoms with van der Waals surface area (Å²) in [7, 11) is 0. The number of pyridine rings is 1. The number of aryl methyl sites for hydroxylation is 1. The molecule has 1 saturated heterocycles. The van der Waals surface area contributed by atoms with Crippen LogP contribution in [0.15, 0.2) is 83.1 Å². The van der Waals surface area contributed by atoms with Crippen molar-refractivity contribution in [1.82, 2.24) is 30.1 Å². The summed E-state index contributed by atoms with van der Waals surface area (Å²) in [5.74, 6) is 0.472. The predicted molar refractivity (Wildman–Crippen MR) is 148 cm³/mol. The lowest BCUT2D eigenvalue weighted by molar-refractivity contribution is 0.0696. The molecule has 1 N–H and O–H groups in total. The van der Waals surface area contributed by atoms with Gasteiger partial charge in [0.1, 0.15) is 5.75 Å². The van der Waals surface area contributed by atoms with Crippen molar-refractivity contribution in [2.24, 2.45) is 0 Å². The van der Waals surface area contributed by atoms with E-state index in [-0.39, 0.29) is 16.9 Å². The number of rotatable bonds is 9. The molecule has 200 valence electrons. The van der Waals surface area contributed by atoms with Gasteiger partial charge in [0.05, 0.1) is 16.3 Å². The van der Waals surface area contributed by atoms with Gasteiger partial charge in [-0.05, 0) is 83.8 Å². The van der Waals surface area contributed by atoms with Gasteiger partial charge in [-0.25, -0.2) is 14.6 Å². The lowest BCUT2D eigenvalue weighted by atomic mass is 10.1. The van der Waals surface area contributed by atoms with E-state index < -0.39 is 5.97 Å².